The molecule has 0 aromatic heterocycles. The summed E-state index contributed by atoms with van der Waals surface area (Å²) in [4.78, 5) is 0. The fraction of sp³-hybridized carbons (Fsp3) is 0.333. The van der Waals surface area contributed by atoms with Crippen molar-refractivity contribution in [2.75, 3.05) is 13.2 Å². The van der Waals surface area contributed by atoms with Crippen LogP contribution in [0.2, 0.25) is 0 Å². The Hall–Kier alpha value is -5.68. The number of ether oxygens (including phenoxy) is 2. The summed E-state index contributed by atoms with van der Waals surface area (Å²) in [6.45, 7) is 5.94. The van der Waals surface area contributed by atoms with Crippen molar-refractivity contribution in [3.05, 3.63) is 211 Å². The van der Waals surface area contributed by atoms with Crippen LogP contribution in [0.4, 0.5) is 0 Å². The normalized spacial score (nSPS) is 11.5. The summed E-state index contributed by atoms with van der Waals surface area (Å²) < 4.78 is 15.9. The summed E-state index contributed by atoms with van der Waals surface area (Å²) in [6.07, 6.45) is 25.8. The highest BCUT2D eigenvalue weighted by Gasteiger charge is 2.20. The molecule has 0 amide bonds. The number of hydrogen-bond donors (Lipinski definition) is 0. The van der Waals surface area contributed by atoms with E-state index in [0.29, 0.717) is 13.2 Å². The Kier molecular flexibility index (Phi) is 20.7. The van der Waals surface area contributed by atoms with Crippen molar-refractivity contribution >= 4 is 86.1 Å². The second-order valence-electron chi connectivity index (χ2n) is 21.0. The molecular formula is C72H78Br2O2. The van der Waals surface area contributed by atoms with Crippen LogP contribution in [0.3, 0.4) is 0 Å². The van der Waals surface area contributed by atoms with Gasteiger partial charge in [-0.05, 0) is 148 Å². The molecular weight excluding hydrogens is 1060 g/mol. The molecule has 2 nitrogen and oxygen atoms in total. The molecule has 0 atom stereocenters. The minimum Gasteiger partial charge on any atom is -0.490 e. The molecule has 76 heavy (non-hydrogen) atoms. The Labute approximate surface area is 470 Å². The Balaban J connectivity index is 1.26. The maximum absolute atomic E-state index is 6.87. The number of rotatable bonds is 28. The standard InChI is InChI=1S/C72H78Br2O2/c1-3-5-7-9-11-13-15-17-19-33-45-75-67-49-57-47-61-62(48-58(57)50-68(67)76-46-34-20-18-16-14-12-10-8-6-4-2)72(70(55-39-29-23-30-40-55)56-41-31-24-32-42-56)64-52-60-59(65(73)43-44-66(60)74)51-63(64)71(61)69(53-35-25-21-26-36-53)54-37-27-22-28-38-54/h21-32,35-44,47-52H,3-20,33-34,45-46H2,1-2H3. The van der Waals surface area contributed by atoms with Crippen LogP contribution in [0.25, 0.3) is 54.2 Å². The zero-order chi connectivity index (χ0) is 52.3. The molecule has 0 aliphatic rings. The van der Waals surface area contributed by atoms with Gasteiger partial charge < -0.3 is 9.47 Å². The lowest BCUT2D eigenvalue weighted by Crippen LogP contribution is -2.21. The van der Waals surface area contributed by atoms with Crippen molar-refractivity contribution in [1.82, 2.24) is 0 Å². The first kappa shape index (κ1) is 55.1. The van der Waals surface area contributed by atoms with Crippen molar-refractivity contribution in [2.45, 2.75) is 142 Å². The predicted octanol–water partition coefficient (Wildman–Crippen LogP) is 20.9. The Morgan fingerprint density at radius 3 is 0.882 bits per heavy atom. The number of halogens is 2. The molecule has 0 spiro atoms. The van der Waals surface area contributed by atoms with Gasteiger partial charge in [0.05, 0.1) is 13.2 Å². The summed E-state index contributed by atoms with van der Waals surface area (Å²) in [5.74, 6) is 1.68. The topological polar surface area (TPSA) is 18.5 Å². The third-order valence-corrected chi connectivity index (χ3v) is 16.8. The van der Waals surface area contributed by atoms with E-state index in [4.69, 9.17) is 9.47 Å². The van der Waals surface area contributed by atoms with E-state index < -0.39 is 0 Å². The van der Waals surface area contributed by atoms with Crippen LogP contribution in [0.5, 0.6) is 11.5 Å². The number of benzene rings is 9. The molecule has 0 N–H and O–H groups in total. The molecule has 392 valence electrons. The first-order valence-electron chi connectivity index (χ1n) is 29.0. The Morgan fingerprint density at radius 2 is 0.579 bits per heavy atom. The molecule has 0 saturated heterocycles. The molecule has 0 unspecified atom stereocenters. The highest BCUT2D eigenvalue weighted by Crippen LogP contribution is 2.38. The van der Waals surface area contributed by atoms with E-state index in [1.165, 1.54) is 181 Å². The van der Waals surface area contributed by atoms with Crippen molar-refractivity contribution in [2.24, 2.45) is 0 Å². The average Bonchev–Trinajstić information content (AvgIpc) is 3.60. The monoisotopic (exact) mass is 1130 g/mol. The largest absolute Gasteiger partial charge is 0.490 e. The van der Waals surface area contributed by atoms with E-state index in [9.17, 15) is 0 Å². The SMILES string of the molecule is CCCCCCCCCCCCOc1cc2cc3c(=C(c4ccccc4)c4ccccc4)c4cc5c(Br)ccc(Br)c5cc4c(=C(c4ccccc4)c4ccccc4)c3cc2cc1OCCCCCCCCCCCC. The van der Waals surface area contributed by atoms with Gasteiger partial charge in [-0.1, -0.05) is 283 Å². The summed E-state index contributed by atoms with van der Waals surface area (Å²) in [5, 5.41) is 11.7. The highest BCUT2D eigenvalue weighted by molar-refractivity contribution is 9.11. The van der Waals surface area contributed by atoms with Gasteiger partial charge in [0.2, 0.25) is 0 Å². The molecule has 4 heteroatoms. The van der Waals surface area contributed by atoms with Crippen LogP contribution in [0.15, 0.2) is 179 Å². The molecule has 9 aromatic rings. The second-order valence-corrected chi connectivity index (χ2v) is 22.8. The van der Waals surface area contributed by atoms with Crippen molar-refractivity contribution in [3.8, 4) is 11.5 Å². The summed E-state index contributed by atoms with van der Waals surface area (Å²) in [6, 6.07) is 62.7. The van der Waals surface area contributed by atoms with Crippen LogP contribution in [0, 0.1) is 0 Å². The predicted molar refractivity (Wildman–Crippen MR) is 335 cm³/mol. The smallest absolute Gasteiger partial charge is 0.161 e. The first-order chi connectivity index (χ1) is 37.5. The molecule has 0 saturated carbocycles. The van der Waals surface area contributed by atoms with Crippen LogP contribution < -0.4 is 19.9 Å². The summed E-state index contributed by atoms with van der Waals surface area (Å²) in [5.41, 5.74) is 7.08. The third-order valence-electron chi connectivity index (χ3n) is 15.4. The minimum atomic E-state index is 0.675. The maximum Gasteiger partial charge on any atom is 0.161 e. The molecule has 0 aliphatic carbocycles. The van der Waals surface area contributed by atoms with E-state index in [-0.39, 0.29) is 0 Å². The van der Waals surface area contributed by atoms with Gasteiger partial charge in [0, 0.05) is 8.95 Å². The van der Waals surface area contributed by atoms with Gasteiger partial charge in [-0.3, -0.25) is 0 Å². The second kappa shape index (κ2) is 28.6. The number of fused-ring (bicyclic) bond motifs is 4. The number of hydrogen-bond acceptors (Lipinski definition) is 2. The lowest BCUT2D eigenvalue weighted by molar-refractivity contribution is 0.259. The van der Waals surface area contributed by atoms with Gasteiger partial charge in [-0.15, -0.1) is 0 Å². The molecule has 0 radical (unpaired) electrons. The molecule has 0 heterocycles. The summed E-state index contributed by atoms with van der Waals surface area (Å²) >= 11 is 8.05. The van der Waals surface area contributed by atoms with Gasteiger partial charge in [0.25, 0.3) is 0 Å². The van der Waals surface area contributed by atoms with Crippen molar-refractivity contribution < 1.29 is 9.47 Å². The Morgan fingerprint density at radius 1 is 0.303 bits per heavy atom. The zero-order valence-electron chi connectivity index (χ0n) is 45.3. The van der Waals surface area contributed by atoms with Crippen LogP contribution >= 0.6 is 31.9 Å². The number of unbranched alkanes of at least 4 members (excludes halogenated alkanes) is 18. The fourth-order valence-electron chi connectivity index (χ4n) is 11.4. The first-order valence-corrected chi connectivity index (χ1v) is 30.6. The van der Waals surface area contributed by atoms with Gasteiger partial charge >= 0.3 is 0 Å². The third kappa shape index (κ3) is 13.9. The van der Waals surface area contributed by atoms with Gasteiger partial charge in [-0.25, -0.2) is 0 Å². The van der Waals surface area contributed by atoms with Crippen LogP contribution in [-0.4, -0.2) is 13.2 Å². The minimum absolute atomic E-state index is 0.675. The van der Waals surface area contributed by atoms with Gasteiger partial charge in [-0.2, -0.15) is 0 Å². The highest BCUT2D eigenvalue weighted by atomic mass is 79.9. The van der Waals surface area contributed by atoms with E-state index in [0.717, 1.165) is 54.8 Å². The average molecular weight is 1140 g/mol. The van der Waals surface area contributed by atoms with E-state index in [1.807, 2.05) is 0 Å². The molecule has 9 rings (SSSR count). The van der Waals surface area contributed by atoms with E-state index in [1.54, 1.807) is 0 Å². The van der Waals surface area contributed by atoms with Gasteiger partial charge in [0.1, 0.15) is 0 Å². The maximum atomic E-state index is 6.87. The lowest BCUT2D eigenvalue weighted by atomic mass is 9.85. The molecule has 0 bridgehead atoms. The van der Waals surface area contributed by atoms with Crippen LogP contribution in [0.1, 0.15) is 165 Å². The molecule has 0 fully saturated rings. The Bertz CT molecular complexity index is 3090. The van der Waals surface area contributed by atoms with Gasteiger partial charge in [0.15, 0.2) is 11.5 Å². The lowest BCUT2D eigenvalue weighted by Gasteiger charge is -2.19. The van der Waals surface area contributed by atoms with Crippen LogP contribution in [-0.2, 0) is 0 Å². The van der Waals surface area contributed by atoms with Crippen molar-refractivity contribution in [3.63, 3.8) is 0 Å². The van der Waals surface area contributed by atoms with E-state index >= 15 is 0 Å². The van der Waals surface area contributed by atoms with E-state index in [2.05, 4.69) is 216 Å². The molecule has 9 aromatic carbocycles. The van der Waals surface area contributed by atoms with Crippen molar-refractivity contribution in [1.29, 1.82) is 0 Å². The quantitative estimate of drug-likeness (QED) is 0.0359. The summed E-state index contributed by atoms with van der Waals surface area (Å²) in [7, 11) is 0. The zero-order valence-corrected chi connectivity index (χ0v) is 48.5. The molecule has 0 aliphatic heterocycles. The fourth-order valence-corrected chi connectivity index (χ4v) is 12.3.